The van der Waals surface area contributed by atoms with Gasteiger partial charge in [-0.1, -0.05) is 0 Å². The summed E-state index contributed by atoms with van der Waals surface area (Å²) < 4.78 is 0. The van der Waals surface area contributed by atoms with Gasteiger partial charge in [-0.3, -0.25) is 0 Å². The Kier molecular flexibility index (Phi) is 12.9. The molecule has 1 saturated carbocycles. The van der Waals surface area contributed by atoms with Crippen molar-refractivity contribution in [1.82, 2.24) is 0 Å². The van der Waals surface area contributed by atoms with E-state index in [-0.39, 0.29) is 55.3 Å². The molecule has 6 N–H and O–H groups in total. The van der Waals surface area contributed by atoms with Crippen molar-refractivity contribution >= 4 is 37.2 Å². The summed E-state index contributed by atoms with van der Waals surface area (Å²) in [4.78, 5) is 0. The topological polar surface area (TPSA) is 78.1 Å². The molecule has 0 spiro atoms. The number of hydrogen-bond acceptors (Lipinski definition) is 3. The Hall–Kier alpha value is 0.750. The standard InChI is InChI=1S/C6H15N3.3ClH/c7-4-1-5(8)3-6(9)2-4;;;/h4-6H,1-3,7-9H2;3*1H. The number of rotatable bonds is 0. The molecule has 1 aliphatic rings. The van der Waals surface area contributed by atoms with E-state index in [0.717, 1.165) is 19.3 Å². The summed E-state index contributed by atoms with van der Waals surface area (Å²) >= 11 is 0. The predicted octanol–water partition coefficient (Wildman–Crippen LogP) is 0.418. The van der Waals surface area contributed by atoms with Gasteiger partial charge in [0.15, 0.2) is 0 Å². The fourth-order valence-corrected chi connectivity index (χ4v) is 1.46. The Balaban J connectivity index is -0.000000270. The van der Waals surface area contributed by atoms with E-state index in [1.54, 1.807) is 0 Å². The molecule has 1 aliphatic carbocycles. The normalized spacial score (nSPS) is 33.8. The van der Waals surface area contributed by atoms with E-state index >= 15 is 0 Å². The van der Waals surface area contributed by atoms with Crippen LogP contribution >= 0.6 is 37.2 Å². The quantitative estimate of drug-likeness (QED) is 0.572. The number of hydrogen-bond donors (Lipinski definition) is 3. The fourth-order valence-electron chi connectivity index (χ4n) is 1.46. The van der Waals surface area contributed by atoms with Gasteiger partial charge in [0.25, 0.3) is 0 Å². The monoisotopic (exact) mass is 237 g/mol. The molecule has 0 aromatic heterocycles. The average molecular weight is 239 g/mol. The van der Waals surface area contributed by atoms with Crippen LogP contribution in [-0.4, -0.2) is 18.1 Å². The van der Waals surface area contributed by atoms with Crippen LogP contribution in [0.15, 0.2) is 0 Å². The maximum atomic E-state index is 5.66. The van der Waals surface area contributed by atoms with E-state index in [1.165, 1.54) is 0 Å². The number of nitrogens with two attached hydrogens (primary N) is 3. The van der Waals surface area contributed by atoms with Gasteiger partial charge in [0.05, 0.1) is 0 Å². The molecule has 12 heavy (non-hydrogen) atoms. The van der Waals surface area contributed by atoms with Crippen LogP contribution in [0.25, 0.3) is 0 Å². The highest BCUT2D eigenvalue weighted by atomic mass is 35.5. The highest BCUT2D eigenvalue weighted by Crippen LogP contribution is 2.13. The summed E-state index contributed by atoms with van der Waals surface area (Å²) in [6.45, 7) is 0. The Morgan fingerprint density at radius 2 is 0.750 bits per heavy atom. The molecular formula is C6H18Cl3N3. The SMILES string of the molecule is Cl.Cl.Cl.NC1CC(N)CC(N)C1. The summed E-state index contributed by atoms with van der Waals surface area (Å²) in [6, 6.07) is 0.719. The van der Waals surface area contributed by atoms with Gasteiger partial charge in [0, 0.05) is 18.1 Å². The molecule has 0 aromatic rings. The molecule has 3 nitrogen and oxygen atoms in total. The summed E-state index contributed by atoms with van der Waals surface area (Å²) in [5.41, 5.74) is 17.0. The van der Waals surface area contributed by atoms with Crippen molar-refractivity contribution in [3.05, 3.63) is 0 Å². The minimum absolute atomic E-state index is 0. The van der Waals surface area contributed by atoms with E-state index in [9.17, 15) is 0 Å². The molecule has 0 aliphatic heterocycles. The van der Waals surface area contributed by atoms with Gasteiger partial charge in [-0.05, 0) is 19.3 Å². The molecule has 0 atom stereocenters. The highest BCUT2D eigenvalue weighted by Gasteiger charge is 2.21. The van der Waals surface area contributed by atoms with Crippen LogP contribution < -0.4 is 17.2 Å². The Morgan fingerprint density at radius 1 is 0.583 bits per heavy atom. The lowest BCUT2D eigenvalue weighted by Crippen LogP contribution is -2.45. The second-order valence-corrected chi connectivity index (χ2v) is 2.99. The zero-order chi connectivity index (χ0) is 6.85. The first-order valence-corrected chi connectivity index (χ1v) is 3.45. The van der Waals surface area contributed by atoms with Crippen LogP contribution in [0.2, 0.25) is 0 Å². The Bertz CT molecular complexity index is 79.0. The lowest BCUT2D eigenvalue weighted by Gasteiger charge is -2.28. The van der Waals surface area contributed by atoms with E-state index in [0.29, 0.717) is 0 Å². The summed E-state index contributed by atoms with van der Waals surface area (Å²) in [5.74, 6) is 0. The van der Waals surface area contributed by atoms with E-state index < -0.39 is 0 Å². The van der Waals surface area contributed by atoms with Gasteiger partial charge >= 0.3 is 0 Å². The van der Waals surface area contributed by atoms with Gasteiger partial charge in [-0.2, -0.15) is 0 Å². The van der Waals surface area contributed by atoms with E-state index in [1.807, 2.05) is 0 Å². The molecule has 0 aromatic carbocycles. The van der Waals surface area contributed by atoms with Crippen molar-refractivity contribution in [3.63, 3.8) is 0 Å². The van der Waals surface area contributed by atoms with Crippen LogP contribution in [0.5, 0.6) is 0 Å². The molecule has 1 fully saturated rings. The molecular weight excluding hydrogens is 220 g/mol. The largest absolute Gasteiger partial charge is 0.328 e. The predicted molar refractivity (Wildman–Crippen MR) is 59.5 cm³/mol. The number of halogens is 3. The van der Waals surface area contributed by atoms with Crippen molar-refractivity contribution in [2.75, 3.05) is 0 Å². The Morgan fingerprint density at radius 3 is 0.917 bits per heavy atom. The summed E-state index contributed by atoms with van der Waals surface area (Å²) in [5, 5.41) is 0. The van der Waals surface area contributed by atoms with Gasteiger partial charge < -0.3 is 17.2 Å². The van der Waals surface area contributed by atoms with Crippen molar-refractivity contribution in [1.29, 1.82) is 0 Å². The van der Waals surface area contributed by atoms with Crippen molar-refractivity contribution < 1.29 is 0 Å². The third-order valence-electron chi connectivity index (χ3n) is 1.82. The molecule has 0 radical (unpaired) electrons. The van der Waals surface area contributed by atoms with Gasteiger partial charge in [-0.15, -0.1) is 37.2 Å². The average Bonchev–Trinajstić information content (AvgIpc) is 1.59. The van der Waals surface area contributed by atoms with Crippen LogP contribution in [0, 0.1) is 0 Å². The second-order valence-electron chi connectivity index (χ2n) is 2.99. The van der Waals surface area contributed by atoms with Crippen molar-refractivity contribution in [2.45, 2.75) is 37.4 Å². The lowest BCUT2D eigenvalue weighted by atomic mass is 9.89. The van der Waals surface area contributed by atoms with Crippen LogP contribution in [0.3, 0.4) is 0 Å². The van der Waals surface area contributed by atoms with Gasteiger partial charge in [0.1, 0.15) is 0 Å². The molecule has 0 unspecified atom stereocenters. The smallest absolute Gasteiger partial charge is 0.00683 e. The third kappa shape index (κ3) is 6.29. The first kappa shape index (κ1) is 18.5. The van der Waals surface area contributed by atoms with Gasteiger partial charge in [0.2, 0.25) is 0 Å². The molecule has 6 heteroatoms. The fraction of sp³-hybridized carbons (Fsp3) is 1.00. The minimum atomic E-state index is 0. The second kappa shape index (κ2) is 8.35. The molecule has 0 bridgehead atoms. The lowest BCUT2D eigenvalue weighted by molar-refractivity contribution is 0.352. The van der Waals surface area contributed by atoms with Crippen LogP contribution in [0.4, 0.5) is 0 Å². The van der Waals surface area contributed by atoms with Crippen molar-refractivity contribution in [2.24, 2.45) is 17.2 Å². The first-order chi connectivity index (χ1) is 4.18. The maximum absolute atomic E-state index is 5.66. The first-order valence-electron chi connectivity index (χ1n) is 3.45. The van der Waals surface area contributed by atoms with E-state index in [2.05, 4.69) is 0 Å². The molecule has 78 valence electrons. The van der Waals surface area contributed by atoms with Crippen molar-refractivity contribution in [3.8, 4) is 0 Å². The third-order valence-corrected chi connectivity index (χ3v) is 1.82. The highest BCUT2D eigenvalue weighted by molar-refractivity contribution is 5.86. The minimum Gasteiger partial charge on any atom is -0.328 e. The molecule has 0 amide bonds. The summed E-state index contributed by atoms with van der Waals surface area (Å²) in [7, 11) is 0. The maximum Gasteiger partial charge on any atom is 0.00683 e. The van der Waals surface area contributed by atoms with Crippen LogP contribution in [0.1, 0.15) is 19.3 Å². The Labute approximate surface area is 92.0 Å². The molecule has 1 rings (SSSR count). The van der Waals surface area contributed by atoms with E-state index in [4.69, 9.17) is 17.2 Å². The van der Waals surface area contributed by atoms with Gasteiger partial charge in [-0.25, -0.2) is 0 Å². The zero-order valence-corrected chi connectivity index (χ0v) is 9.26. The summed E-state index contributed by atoms with van der Waals surface area (Å²) in [6.07, 6.45) is 2.81. The molecule has 0 heterocycles. The van der Waals surface area contributed by atoms with Crippen LogP contribution in [-0.2, 0) is 0 Å². The molecule has 0 saturated heterocycles. The zero-order valence-electron chi connectivity index (χ0n) is 6.81.